The molecule has 1 aromatic carbocycles. The Morgan fingerprint density at radius 1 is 1.31 bits per heavy atom. The molecule has 3 nitrogen and oxygen atoms in total. The summed E-state index contributed by atoms with van der Waals surface area (Å²) in [5.41, 5.74) is 2.65. The second-order valence-electron chi connectivity index (χ2n) is 4.50. The normalized spacial score (nSPS) is 17.0. The van der Waals surface area contributed by atoms with E-state index in [0.717, 1.165) is 23.1 Å². The van der Waals surface area contributed by atoms with Crippen LogP contribution in [0.15, 0.2) is 18.2 Å². The van der Waals surface area contributed by atoms with Crippen LogP contribution in [0.4, 0.5) is 0 Å². The third-order valence-corrected chi connectivity index (χ3v) is 3.40. The lowest BCUT2D eigenvalue weighted by atomic mass is 10.1. The molecule has 3 heteroatoms. The van der Waals surface area contributed by atoms with Crippen molar-refractivity contribution in [2.24, 2.45) is 0 Å². The number of rotatable bonds is 2. The van der Waals surface area contributed by atoms with Crippen LogP contribution in [-0.4, -0.2) is 16.3 Å². The van der Waals surface area contributed by atoms with Gasteiger partial charge in [-0.05, 0) is 31.0 Å². The molecular weight excluding hydrogens is 200 g/mol. The molecule has 1 aliphatic rings. The van der Waals surface area contributed by atoms with E-state index in [9.17, 15) is 4.79 Å². The van der Waals surface area contributed by atoms with Crippen molar-refractivity contribution in [3.05, 3.63) is 29.6 Å². The van der Waals surface area contributed by atoms with E-state index in [1.54, 1.807) is 0 Å². The van der Waals surface area contributed by atoms with E-state index in [1.165, 1.54) is 25.7 Å². The zero-order valence-electron chi connectivity index (χ0n) is 9.07. The van der Waals surface area contributed by atoms with Crippen LogP contribution in [0, 0.1) is 0 Å². The van der Waals surface area contributed by atoms with Gasteiger partial charge in [0.05, 0.1) is 11.0 Å². The summed E-state index contributed by atoms with van der Waals surface area (Å²) in [7, 11) is 0. The molecule has 0 unspecified atom stereocenters. The number of nitrogens with one attached hydrogen (secondary N) is 1. The molecule has 0 spiro atoms. The monoisotopic (exact) mass is 214 g/mol. The zero-order valence-corrected chi connectivity index (χ0v) is 9.07. The zero-order chi connectivity index (χ0) is 11.0. The van der Waals surface area contributed by atoms with E-state index < -0.39 is 0 Å². The lowest BCUT2D eigenvalue weighted by Crippen LogP contribution is -1.93. The largest absolute Gasteiger partial charge is 0.342 e. The molecule has 1 heterocycles. The summed E-state index contributed by atoms with van der Waals surface area (Å²) in [4.78, 5) is 18.6. The summed E-state index contributed by atoms with van der Waals surface area (Å²) in [6, 6.07) is 5.59. The van der Waals surface area contributed by atoms with E-state index in [4.69, 9.17) is 0 Å². The molecule has 0 radical (unpaired) electrons. The Balaban J connectivity index is 2.04. The van der Waals surface area contributed by atoms with Crippen LogP contribution in [-0.2, 0) is 0 Å². The van der Waals surface area contributed by atoms with E-state index in [2.05, 4.69) is 9.97 Å². The van der Waals surface area contributed by atoms with Crippen LogP contribution in [0.1, 0.15) is 47.8 Å². The maximum atomic E-state index is 10.7. The van der Waals surface area contributed by atoms with Gasteiger partial charge in [0.25, 0.3) is 0 Å². The molecule has 0 aliphatic heterocycles. The molecule has 1 N–H and O–H groups in total. The van der Waals surface area contributed by atoms with E-state index >= 15 is 0 Å². The minimum absolute atomic E-state index is 0.590. The van der Waals surface area contributed by atoms with Gasteiger partial charge in [0.1, 0.15) is 12.1 Å². The number of carbonyl (C=O) groups excluding carboxylic acids is 1. The smallest absolute Gasteiger partial charge is 0.150 e. The van der Waals surface area contributed by atoms with E-state index in [0.29, 0.717) is 11.5 Å². The predicted octanol–water partition coefficient (Wildman–Crippen LogP) is 3.03. The number of imidazole rings is 1. The van der Waals surface area contributed by atoms with Gasteiger partial charge >= 0.3 is 0 Å². The fourth-order valence-electron chi connectivity index (χ4n) is 2.51. The van der Waals surface area contributed by atoms with Crippen molar-refractivity contribution >= 4 is 17.3 Å². The van der Waals surface area contributed by atoms with Gasteiger partial charge < -0.3 is 4.98 Å². The lowest BCUT2D eigenvalue weighted by molar-refractivity contribution is 0.112. The second kappa shape index (κ2) is 3.74. The molecule has 0 atom stereocenters. The first kappa shape index (κ1) is 9.58. The SMILES string of the molecule is O=Cc1ccc2nc(C3CCCC3)[nH]c2c1. The van der Waals surface area contributed by atoms with Gasteiger partial charge in [0, 0.05) is 11.5 Å². The third-order valence-electron chi connectivity index (χ3n) is 3.40. The van der Waals surface area contributed by atoms with Crippen molar-refractivity contribution < 1.29 is 4.79 Å². The highest BCUT2D eigenvalue weighted by atomic mass is 16.1. The fourth-order valence-corrected chi connectivity index (χ4v) is 2.51. The molecule has 1 saturated carbocycles. The molecule has 1 aromatic heterocycles. The molecule has 16 heavy (non-hydrogen) atoms. The van der Waals surface area contributed by atoms with Gasteiger partial charge in [-0.2, -0.15) is 0 Å². The Hall–Kier alpha value is -1.64. The third kappa shape index (κ3) is 1.52. The fraction of sp³-hybridized carbons (Fsp3) is 0.385. The molecular formula is C13H14N2O. The topological polar surface area (TPSA) is 45.8 Å². The molecule has 1 aliphatic carbocycles. The first-order valence-electron chi connectivity index (χ1n) is 5.81. The average molecular weight is 214 g/mol. The lowest BCUT2D eigenvalue weighted by Gasteiger charge is -2.02. The van der Waals surface area contributed by atoms with Crippen LogP contribution in [0.3, 0.4) is 0 Å². The van der Waals surface area contributed by atoms with Crippen molar-refractivity contribution in [3.8, 4) is 0 Å². The van der Waals surface area contributed by atoms with Gasteiger partial charge in [-0.25, -0.2) is 4.98 Å². The van der Waals surface area contributed by atoms with Gasteiger partial charge in [-0.15, -0.1) is 0 Å². The predicted molar refractivity (Wildman–Crippen MR) is 62.7 cm³/mol. The Bertz CT molecular complexity index is 524. The van der Waals surface area contributed by atoms with Crippen molar-refractivity contribution in [2.75, 3.05) is 0 Å². The van der Waals surface area contributed by atoms with Crippen LogP contribution < -0.4 is 0 Å². The number of aromatic nitrogens is 2. The maximum Gasteiger partial charge on any atom is 0.150 e. The Kier molecular flexibility index (Phi) is 2.24. The standard InChI is InChI=1S/C13H14N2O/c16-8-9-5-6-11-12(7-9)15-13(14-11)10-3-1-2-4-10/h5-8,10H,1-4H2,(H,14,15). The maximum absolute atomic E-state index is 10.7. The van der Waals surface area contributed by atoms with Crippen LogP contribution in [0.2, 0.25) is 0 Å². The highest BCUT2D eigenvalue weighted by Crippen LogP contribution is 2.33. The van der Waals surface area contributed by atoms with Crippen LogP contribution in [0.5, 0.6) is 0 Å². The molecule has 0 saturated heterocycles. The summed E-state index contributed by atoms with van der Waals surface area (Å²) in [6.45, 7) is 0. The molecule has 82 valence electrons. The Morgan fingerprint density at radius 2 is 2.12 bits per heavy atom. The number of H-pyrrole nitrogens is 1. The average Bonchev–Trinajstić information content (AvgIpc) is 2.96. The summed E-state index contributed by atoms with van der Waals surface area (Å²) in [5.74, 6) is 1.68. The molecule has 0 amide bonds. The number of benzene rings is 1. The summed E-state index contributed by atoms with van der Waals surface area (Å²) in [5, 5.41) is 0. The van der Waals surface area contributed by atoms with Gasteiger partial charge in [0.15, 0.2) is 0 Å². The van der Waals surface area contributed by atoms with E-state index in [1.807, 2.05) is 18.2 Å². The van der Waals surface area contributed by atoms with Crippen LogP contribution in [0.25, 0.3) is 11.0 Å². The molecule has 2 aromatic rings. The molecule has 0 bridgehead atoms. The first-order valence-corrected chi connectivity index (χ1v) is 5.81. The number of fused-ring (bicyclic) bond motifs is 1. The number of hydrogen-bond donors (Lipinski definition) is 1. The minimum Gasteiger partial charge on any atom is -0.342 e. The second-order valence-corrected chi connectivity index (χ2v) is 4.50. The Morgan fingerprint density at radius 3 is 2.88 bits per heavy atom. The Labute approximate surface area is 93.9 Å². The van der Waals surface area contributed by atoms with Crippen molar-refractivity contribution in [1.82, 2.24) is 9.97 Å². The number of carbonyl (C=O) groups is 1. The van der Waals surface area contributed by atoms with Gasteiger partial charge in [0.2, 0.25) is 0 Å². The summed E-state index contributed by atoms with van der Waals surface area (Å²) in [6.07, 6.45) is 5.96. The van der Waals surface area contributed by atoms with Crippen molar-refractivity contribution in [1.29, 1.82) is 0 Å². The van der Waals surface area contributed by atoms with E-state index in [-0.39, 0.29) is 0 Å². The molecule has 1 fully saturated rings. The van der Waals surface area contributed by atoms with Crippen molar-refractivity contribution in [2.45, 2.75) is 31.6 Å². The highest BCUT2D eigenvalue weighted by Gasteiger charge is 2.20. The minimum atomic E-state index is 0.590. The van der Waals surface area contributed by atoms with Crippen LogP contribution >= 0.6 is 0 Å². The molecule has 3 rings (SSSR count). The number of hydrogen-bond acceptors (Lipinski definition) is 2. The van der Waals surface area contributed by atoms with Gasteiger partial charge in [-0.3, -0.25) is 4.79 Å². The van der Waals surface area contributed by atoms with Gasteiger partial charge in [-0.1, -0.05) is 12.8 Å². The van der Waals surface area contributed by atoms with Crippen molar-refractivity contribution in [3.63, 3.8) is 0 Å². The number of aldehydes is 1. The highest BCUT2D eigenvalue weighted by molar-refractivity contribution is 5.84. The summed E-state index contributed by atoms with van der Waals surface area (Å²) < 4.78 is 0. The summed E-state index contributed by atoms with van der Waals surface area (Å²) >= 11 is 0. The first-order chi connectivity index (χ1) is 7.86. The number of nitrogens with zero attached hydrogens (tertiary/aromatic N) is 1. The quantitative estimate of drug-likeness (QED) is 0.781. The number of aromatic amines is 1.